The van der Waals surface area contributed by atoms with Crippen LogP contribution in [0, 0.1) is 17.8 Å². The average Bonchev–Trinajstić information content (AvgIpc) is 2.09. The summed E-state index contributed by atoms with van der Waals surface area (Å²) in [6.45, 7) is 0. The van der Waals surface area contributed by atoms with E-state index in [9.17, 15) is 4.79 Å². The van der Waals surface area contributed by atoms with E-state index in [4.69, 9.17) is 5.11 Å². The zero-order chi connectivity index (χ0) is 7.14. The van der Waals surface area contributed by atoms with Crippen molar-refractivity contribution in [2.24, 2.45) is 5.92 Å². The fourth-order valence-electron chi connectivity index (χ4n) is 1.35. The van der Waals surface area contributed by atoms with Gasteiger partial charge in [0.15, 0.2) is 0 Å². The van der Waals surface area contributed by atoms with Gasteiger partial charge >= 0.3 is 5.97 Å². The van der Waals surface area contributed by atoms with Gasteiger partial charge in [-0.05, 0) is 6.42 Å². The van der Waals surface area contributed by atoms with Crippen LogP contribution in [0.4, 0.5) is 0 Å². The van der Waals surface area contributed by atoms with Gasteiger partial charge < -0.3 is 5.11 Å². The number of carboxylic acid groups (broad SMARTS) is 1. The van der Waals surface area contributed by atoms with Gasteiger partial charge in [0.05, 0.1) is 6.04 Å². The molecule has 2 N–H and O–H groups in total. The Balaban J connectivity index is 2.04. The topological polar surface area (TPSA) is 49.3 Å². The second kappa shape index (κ2) is 1.74. The number of fused-ring (bicyclic) bond motifs is 1. The van der Waals surface area contributed by atoms with E-state index in [0.717, 1.165) is 0 Å². The van der Waals surface area contributed by atoms with Crippen LogP contribution < -0.4 is 5.32 Å². The summed E-state index contributed by atoms with van der Waals surface area (Å²) in [6, 6.07) is -0.210. The normalized spacial score (nSPS) is 41.0. The highest BCUT2D eigenvalue weighted by Gasteiger charge is 2.38. The maximum Gasteiger partial charge on any atom is 0.320 e. The van der Waals surface area contributed by atoms with Crippen LogP contribution in [0.5, 0.6) is 0 Å². The fraction of sp³-hybridized carbons (Fsp3) is 0.571. The lowest BCUT2D eigenvalue weighted by Crippen LogP contribution is -2.36. The maximum absolute atomic E-state index is 10.4. The molecule has 52 valence electrons. The van der Waals surface area contributed by atoms with E-state index < -0.39 is 5.97 Å². The van der Waals surface area contributed by atoms with Crippen LogP contribution in [0.2, 0.25) is 0 Å². The molecule has 0 amide bonds. The lowest BCUT2D eigenvalue weighted by molar-refractivity contribution is -0.139. The largest absolute Gasteiger partial charge is 0.480 e. The lowest BCUT2D eigenvalue weighted by Gasteiger charge is -2.13. The summed E-state index contributed by atoms with van der Waals surface area (Å²) in [7, 11) is 0. The molecule has 0 aromatic rings. The van der Waals surface area contributed by atoms with Gasteiger partial charge in [-0.1, -0.05) is 11.8 Å². The number of hydrogen-bond acceptors (Lipinski definition) is 2. The van der Waals surface area contributed by atoms with Crippen molar-refractivity contribution in [3.8, 4) is 11.8 Å². The summed E-state index contributed by atoms with van der Waals surface area (Å²) in [6.07, 6.45) is 0.674. The van der Waals surface area contributed by atoms with Gasteiger partial charge in [0.25, 0.3) is 0 Å². The molecule has 10 heavy (non-hydrogen) atoms. The van der Waals surface area contributed by atoms with Gasteiger partial charge in [-0.15, -0.1) is 0 Å². The van der Waals surface area contributed by atoms with Crippen molar-refractivity contribution in [2.75, 3.05) is 0 Å². The van der Waals surface area contributed by atoms with E-state index >= 15 is 0 Å². The maximum atomic E-state index is 10.4. The van der Waals surface area contributed by atoms with Crippen molar-refractivity contribution in [1.29, 1.82) is 0 Å². The van der Waals surface area contributed by atoms with E-state index in [1.807, 2.05) is 0 Å². The second-order valence-electron chi connectivity index (χ2n) is 2.67. The number of aliphatic carboxylic acids is 1. The highest BCUT2D eigenvalue weighted by atomic mass is 16.4. The first kappa shape index (κ1) is 5.75. The third kappa shape index (κ3) is 0.628. The number of carbonyl (C=O) groups is 1. The minimum atomic E-state index is -0.766. The Kier molecular flexibility index (Phi) is 0.999. The first-order chi connectivity index (χ1) is 4.77. The Bertz CT molecular complexity index is 222. The molecule has 2 aliphatic rings. The van der Waals surface area contributed by atoms with Crippen molar-refractivity contribution >= 4 is 5.97 Å². The number of rotatable bonds is 1. The molecule has 0 spiro atoms. The lowest BCUT2D eigenvalue weighted by atomic mass is 9.93. The van der Waals surface area contributed by atoms with Gasteiger partial charge in [-0.3, -0.25) is 10.1 Å². The van der Waals surface area contributed by atoms with E-state index in [0.29, 0.717) is 12.3 Å². The Morgan fingerprint density at radius 2 is 2.40 bits per heavy atom. The van der Waals surface area contributed by atoms with Gasteiger partial charge in [-0.2, -0.15) is 0 Å². The summed E-state index contributed by atoms with van der Waals surface area (Å²) in [4.78, 5) is 10.4. The molecule has 1 aliphatic heterocycles. The number of carboxylic acids is 1. The molecule has 2 rings (SSSR count). The van der Waals surface area contributed by atoms with E-state index in [-0.39, 0.29) is 12.1 Å². The number of nitrogens with one attached hydrogen (secondary N) is 1. The SMILES string of the molecule is O=C(O)C1CC2C#CC2N1. The molecule has 0 radical (unpaired) electrons. The highest BCUT2D eigenvalue weighted by molar-refractivity contribution is 5.74. The Hall–Kier alpha value is -1.01. The van der Waals surface area contributed by atoms with Crippen molar-refractivity contribution in [3.05, 3.63) is 0 Å². The molecule has 1 aliphatic carbocycles. The Morgan fingerprint density at radius 1 is 1.60 bits per heavy atom. The molecular weight excluding hydrogens is 130 g/mol. The van der Waals surface area contributed by atoms with Crippen LogP contribution in [0.3, 0.4) is 0 Å². The monoisotopic (exact) mass is 137 g/mol. The van der Waals surface area contributed by atoms with Crippen molar-refractivity contribution in [3.63, 3.8) is 0 Å². The van der Waals surface area contributed by atoms with Crippen molar-refractivity contribution < 1.29 is 9.90 Å². The summed E-state index contributed by atoms with van der Waals surface area (Å²) < 4.78 is 0. The standard InChI is InChI=1S/C7H7NO2/c9-7(10)6-3-4-1-2-5(4)8-6/h4-6,8H,3H2,(H,9,10). The van der Waals surface area contributed by atoms with Crippen molar-refractivity contribution in [1.82, 2.24) is 5.32 Å². The third-order valence-electron chi connectivity index (χ3n) is 2.00. The molecule has 0 aromatic carbocycles. The highest BCUT2D eigenvalue weighted by Crippen LogP contribution is 2.24. The average molecular weight is 137 g/mol. The molecule has 0 bridgehead atoms. The molecule has 1 heterocycles. The van der Waals surface area contributed by atoms with Crippen LogP contribution >= 0.6 is 0 Å². The zero-order valence-electron chi connectivity index (χ0n) is 5.29. The van der Waals surface area contributed by atoms with Crippen LogP contribution in [-0.2, 0) is 4.79 Å². The molecule has 3 unspecified atom stereocenters. The Morgan fingerprint density at radius 3 is 2.70 bits per heavy atom. The van der Waals surface area contributed by atoms with Crippen LogP contribution in [0.25, 0.3) is 0 Å². The summed E-state index contributed by atoms with van der Waals surface area (Å²) in [5.41, 5.74) is 0. The zero-order valence-corrected chi connectivity index (χ0v) is 5.29. The summed E-state index contributed by atoms with van der Waals surface area (Å²) in [5.74, 6) is 5.33. The van der Waals surface area contributed by atoms with Gasteiger partial charge in [0, 0.05) is 5.92 Å². The first-order valence-electron chi connectivity index (χ1n) is 3.27. The predicted molar refractivity (Wildman–Crippen MR) is 34.2 cm³/mol. The quantitative estimate of drug-likeness (QED) is 0.476. The van der Waals surface area contributed by atoms with Crippen LogP contribution in [-0.4, -0.2) is 23.2 Å². The fourth-order valence-corrected chi connectivity index (χ4v) is 1.35. The van der Waals surface area contributed by atoms with E-state index in [1.165, 1.54) is 0 Å². The minimum Gasteiger partial charge on any atom is -0.480 e. The van der Waals surface area contributed by atoms with E-state index in [1.54, 1.807) is 0 Å². The molecule has 0 aromatic heterocycles. The smallest absolute Gasteiger partial charge is 0.320 e. The second-order valence-corrected chi connectivity index (χ2v) is 2.67. The van der Waals surface area contributed by atoms with Crippen LogP contribution in [0.1, 0.15) is 6.42 Å². The third-order valence-corrected chi connectivity index (χ3v) is 2.00. The van der Waals surface area contributed by atoms with Crippen molar-refractivity contribution in [2.45, 2.75) is 18.5 Å². The predicted octanol–water partition coefficient (Wildman–Crippen LogP) is -0.565. The van der Waals surface area contributed by atoms with E-state index in [2.05, 4.69) is 17.2 Å². The summed E-state index contributed by atoms with van der Waals surface area (Å²) >= 11 is 0. The molecule has 0 saturated carbocycles. The minimum absolute atomic E-state index is 0.168. The molecule has 1 saturated heterocycles. The van der Waals surface area contributed by atoms with Crippen LogP contribution in [0.15, 0.2) is 0 Å². The molecule has 3 nitrogen and oxygen atoms in total. The van der Waals surface area contributed by atoms with Gasteiger partial charge in [0.2, 0.25) is 0 Å². The van der Waals surface area contributed by atoms with Gasteiger partial charge in [0.1, 0.15) is 6.04 Å². The molecule has 3 atom stereocenters. The Labute approximate surface area is 58.4 Å². The molecular formula is C7H7NO2. The molecule has 1 fully saturated rings. The molecule has 3 heteroatoms. The number of hydrogen-bond donors (Lipinski definition) is 2. The summed E-state index contributed by atoms with van der Waals surface area (Å²) in [5, 5.41) is 11.5. The first-order valence-corrected chi connectivity index (χ1v) is 3.27. The van der Waals surface area contributed by atoms with Gasteiger partial charge in [-0.25, -0.2) is 0 Å².